The van der Waals surface area contributed by atoms with Crippen molar-refractivity contribution in [3.63, 3.8) is 0 Å². The highest BCUT2D eigenvalue weighted by molar-refractivity contribution is 5.38. The molecule has 0 aliphatic rings. The van der Waals surface area contributed by atoms with Crippen LogP contribution in [0.25, 0.3) is 0 Å². The lowest BCUT2D eigenvalue weighted by atomic mass is 9.98. The fraction of sp³-hybridized carbons (Fsp3) is 0.455. The smallest absolute Gasteiger partial charge is 0.264 e. The van der Waals surface area contributed by atoms with Crippen LogP contribution in [-0.4, -0.2) is 18.3 Å². The van der Waals surface area contributed by atoms with Gasteiger partial charge in [-0.15, -0.1) is 0 Å². The summed E-state index contributed by atoms with van der Waals surface area (Å²) < 4.78 is 30.3. The lowest BCUT2D eigenvalue weighted by molar-refractivity contribution is 0.127. The Morgan fingerprint density at radius 3 is 2.38 bits per heavy atom. The predicted molar refractivity (Wildman–Crippen MR) is 56.6 cm³/mol. The number of ether oxygens (including phenoxy) is 1. The molecule has 0 fully saturated rings. The first kappa shape index (κ1) is 12.9. The zero-order chi connectivity index (χ0) is 12.3. The van der Waals surface area contributed by atoms with Crippen molar-refractivity contribution in [2.24, 2.45) is 5.73 Å². The Bertz CT molecular complexity index is 356. The molecular formula is C11H15F2NO2. The first-order chi connectivity index (χ1) is 7.47. The molecule has 5 heteroatoms. The molecule has 0 saturated carbocycles. The molecule has 0 bridgehead atoms. The highest BCUT2D eigenvalue weighted by Gasteiger charge is 2.21. The number of aliphatic hydroxyl groups excluding tert-OH is 1. The zero-order valence-electron chi connectivity index (χ0n) is 9.15. The molecule has 0 saturated heterocycles. The maximum Gasteiger partial charge on any atom is 0.264 e. The first-order valence-corrected chi connectivity index (χ1v) is 4.87. The molecule has 2 atom stereocenters. The van der Waals surface area contributed by atoms with Crippen molar-refractivity contribution in [1.29, 1.82) is 0 Å². The summed E-state index contributed by atoms with van der Waals surface area (Å²) >= 11 is 0. The van der Waals surface area contributed by atoms with Gasteiger partial charge in [0, 0.05) is 11.6 Å². The minimum atomic E-state index is -2.64. The van der Waals surface area contributed by atoms with Gasteiger partial charge in [-0.05, 0) is 30.7 Å². The summed E-state index contributed by atoms with van der Waals surface area (Å²) in [4.78, 5) is 0. The average molecular weight is 231 g/mol. The molecule has 1 aromatic carbocycles. The maximum absolute atomic E-state index is 12.7. The molecule has 0 aromatic heterocycles. The van der Waals surface area contributed by atoms with Gasteiger partial charge in [0.2, 0.25) is 0 Å². The van der Waals surface area contributed by atoms with Gasteiger partial charge in [-0.1, -0.05) is 0 Å². The van der Waals surface area contributed by atoms with Crippen molar-refractivity contribution in [2.45, 2.75) is 25.5 Å². The van der Waals surface area contributed by atoms with Crippen LogP contribution in [0.4, 0.5) is 8.78 Å². The van der Waals surface area contributed by atoms with Gasteiger partial charge in [0.05, 0.1) is 13.2 Å². The van der Waals surface area contributed by atoms with E-state index in [1.807, 2.05) is 0 Å². The second-order valence-corrected chi connectivity index (χ2v) is 3.60. The van der Waals surface area contributed by atoms with E-state index in [4.69, 9.17) is 10.5 Å². The number of hydrogen-bond acceptors (Lipinski definition) is 3. The van der Waals surface area contributed by atoms with E-state index in [-0.39, 0.29) is 11.1 Å². The SMILES string of the molecule is COc1ccc(C(F)F)c(C(O)C(C)N)c1. The molecule has 3 N–H and O–H groups in total. The van der Waals surface area contributed by atoms with Gasteiger partial charge >= 0.3 is 0 Å². The molecule has 2 unspecified atom stereocenters. The average Bonchev–Trinajstić information content (AvgIpc) is 2.26. The number of halogens is 2. The van der Waals surface area contributed by atoms with Crippen LogP contribution in [0.5, 0.6) is 5.75 Å². The standard InChI is InChI=1S/C11H15F2NO2/c1-6(14)10(15)9-5-7(16-2)3-4-8(9)11(12)13/h3-6,10-11,15H,14H2,1-2H3. The molecule has 1 rings (SSSR count). The largest absolute Gasteiger partial charge is 0.497 e. The van der Waals surface area contributed by atoms with Crippen LogP contribution in [0.3, 0.4) is 0 Å². The second kappa shape index (κ2) is 5.23. The zero-order valence-corrected chi connectivity index (χ0v) is 9.15. The minimum absolute atomic E-state index is 0.115. The van der Waals surface area contributed by atoms with Gasteiger partial charge in [-0.2, -0.15) is 0 Å². The van der Waals surface area contributed by atoms with E-state index in [1.54, 1.807) is 6.92 Å². The van der Waals surface area contributed by atoms with Crippen molar-refractivity contribution in [3.05, 3.63) is 29.3 Å². The Morgan fingerprint density at radius 2 is 1.94 bits per heavy atom. The van der Waals surface area contributed by atoms with Gasteiger partial charge in [-0.25, -0.2) is 8.78 Å². The van der Waals surface area contributed by atoms with Crippen LogP contribution in [0.1, 0.15) is 30.6 Å². The molecule has 90 valence electrons. The van der Waals surface area contributed by atoms with E-state index in [1.165, 1.54) is 25.3 Å². The molecular weight excluding hydrogens is 216 g/mol. The van der Waals surface area contributed by atoms with Gasteiger partial charge in [0.25, 0.3) is 6.43 Å². The number of hydrogen-bond donors (Lipinski definition) is 2. The van der Waals surface area contributed by atoms with Crippen molar-refractivity contribution >= 4 is 0 Å². The number of benzene rings is 1. The maximum atomic E-state index is 12.7. The van der Waals surface area contributed by atoms with Crippen LogP contribution >= 0.6 is 0 Å². The molecule has 3 nitrogen and oxygen atoms in total. The van der Waals surface area contributed by atoms with Crippen molar-refractivity contribution in [2.75, 3.05) is 7.11 Å². The van der Waals surface area contributed by atoms with Crippen LogP contribution in [0.15, 0.2) is 18.2 Å². The minimum Gasteiger partial charge on any atom is -0.497 e. The second-order valence-electron chi connectivity index (χ2n) is 3.60. The van der Waals surface area contributed by atoms with E-state index in [9.17, 15) is 13.9 Å². The molecule has 0 aliphatic carbocycles. The Morgan fingerprint density at radius 1 is 1.31 bits per heavy atom. The lowest BCUT2D eigenvalue weighted by Gasteiger charge is -2.19. The van der Waals surface area contributed by atoms with Gasteiger partial charge in [0.15, 0.2) is 0 Å². The van der Waals surface area contributed by atoms with Gasteiger partial charge in [0.1, 0.15) is 5.75 Å². The number of rotatable bonds is 4. The fourth-order valence-corrected chi connectivity index (χ4v) is 1.42. The van der Waals surface area contributed by atoms with Crippen LogP contribution in [0, 0.1) is 0 Å². The third-order valence-electron chi connectivity index (χ3n) is 2.35. The quantitative estimate of drug-likeness (QED) is 0.833. The predicted octanol–water partition coefficient (Wildman–Crippen LogP) is 2.01. The Balaban J connectivity index is 3.20. The summed E-state index contributed by atoms with van der Waals surface area (Å²) in [5.41, 5.74) is 5.39. The Kier molecular flexibility index (Phi) is 4.20. The highest BCUT2D eigenvalue weighted by Crippen LogP contribution is 2.31. The van der Waals surface area contributed by atoms with Crippen molar-refractivity contribution in [1.82, 2.24) is 0 Å². The number of alkyl halides is 2. The van der Waals surface area contributed by atoms with Crippen LogP contribution in [0.2, 0.25) is 0 Å². The van der Waals surface area contributed by atoms with Crippen LogP contribution in [-0.2, 0) is 0 Å². The molecule has 0 aliphatic heterocycles. The molecule has 0 spiro atoms. The molecule has 0 heterocycles. The van der Waals surface area contributed by atoms with Gasteiger partial charge in [-0.3, -0.25) is 0 Å². The highest BCUT2D eigenvalue weighted by atomic mass is 19.3. The number of nitrogens with two attached hydrogens (primary N) is 1. The topological polar surface area (TPSA) is 55.5 Å². The fourth-order valence-electron chi connectivity index (χ4n) is 1.42. The molecule has 0 amide bonds. The number of aliphatic hydroxyl groups is 1. The van der Waals surface area contributed by atoms with Crippen LogP contribution < -0.4 is 10.5 Å². The van der Waals surface area contributed by atoms with E-state index >= 15 is 0 Å². The summed E-state index contributed by atoms with van der Waals surface area (Å²) in [5.74, 6) is 0.416. The van der Waals surface area contributed by atoms with E-state index in [2.05, 4.69) is 0 Å². The summed E-state index contributed by atoms with van der Waals surface area (Å²) in [6, 6.07) is 3.43. The summed E-state index contributed by atoms with van der Waals surface area (Å²) in [6.45, 7) is 1.55. The summed E-state index contributed by atoms with van der Waals surface area (Å²) in [5, 5.41) is 9.73. The summed E-state index contributed by atoms with van der Waals surface area (Å²) in [7, 11) is 1.43. The van der Waals surface area contributed by atoms with E-state index in [0.29, 0.717) is 5.75 Å². The molecule has 0 radical (unpaired) electrons. The Hall–Kier alpha value is -1.20. The van der Waals surface area contributed by atoms with Gasteiger partial charge < -0.3 is 15.6 Å². The lowest BCUT2D eigenvalue weighted by Crippen LogP contribution is -2.25. The third-order valence-corrected chi connectivity index (χ3v) is 2.35. The molecule has 16 heavy (non-hydrogen) atoms. The Labute approximate surface area is 92.8 Å². The summed E-state index contributed by atoms with van der Waals surface area (Å²) in [6.07, 6.45) is -3.77. The van der Waals surface area contributed by atoms with E-state index < -0.39 is 18.6 Å². The van der Waals surface area contributed by atoms with E-state index in [0.717, 1.165) is 0 Å². The monoisotopic (exact) mass is 231 g/mol. The first-order valence-electron chi connectivity index (χ1n) is 4.87. The normalized spacial score (nSPS) is 14.9. The third kappa shape index (κ3) is 2.68. The number of methoxy groups -OCH3 is 1. The van der Waals surface area contributed by atoms with Crippen molar-refractivity contribution < 1.29 is 18.6 Å². The molecule has 1 aromatic rings. The van der Waals surface area contributed by atoms with Crippen molar-refractivity contribution in [3.8, 4) is 5.75 Å².